The van der Waals surface area contributed by atoms with Crippen LogP contribution in [0.2, 0.25) is 0 Å². The molecule has 0 radical (unpaired) electrons. The fraction of sp³-hybridized carbons (Fsp3) is 0.625. The Morgan fingerprint density at radius 2 is 1.56 bits per heavy atom. The highest BCUT2D eigenvalue weighted by Gasteiger charge is 2.17. The molecule has 1 aliphatic heterocycles. The van der Waals surface area contributed by atoms with Gasteiger partial charge in [-0.1, -0.05) is 47.6 Å². The van der Waals surface area contributed by atoms with Gasteiger partial charge in [-0.15, -0.1) is 0 Å². The molecule has 0 bridgehead atoms. The molecule has 0 saturated heterocycles. The zero-order valence-corrected chi connectivity index (χ0v) is 22.8. The number of rotatable bonds is 8. The summed E-state index contributed by atoms with van der Waals surface area (Å²) in [6.45, 7) is 14.9. The summed E-state index contributed by atoms with van der Waals surface area (Å²) in [5.41, 5.74) is 2.78. The smallest absolute Gasteiger partial charge is 0.264 e. The minimum absolute atomic E-state index is 0.109. The highest BCUT2D eigenvalue weighted by Crippen LogP contribution is 2.28. The molecule has 1 aromatic heterocycles. The van der Waals surface area contributed by atoms with Crippen LogP contribution in [-0.4, -0.2) is 55.4 Å². The predicted molar refractivity (Wildman–Crippen MR) is 134 cm³/mol. The van der Waals surface area contributed by atoms with Crippen molar-refractivity contribution in [1.29, 1.82) is 0 Å². The van der Waals surface area contributed by atoms with Crippen molar-refractivity contribution in [3.8, 4) is 0 Å². The lowest BCUT2D eigenvalue weighted by atomic mass is 9.85. The van der Waals surface area contributed by atoms with Gasteiger partial charge in [0, 0.05) is 37.4 Å². The van der Waals surface area contributed by atoms with E-state index in [4.69, 9.17) is 4.55 Å². The van der Waals surface area contributed by atoms with E-state index in [-0.39, 0.29) is 22.3 Å². The average Bonchev–Trinajstić information content (AvgIpc) is 2.66. The van der Waals surface area contributed by atoms with E-state index in [0.29, 0.717) is 25.9 Å². The fourth-order valence-electron chi connectivity index (χ4n) is 3.23. The Bertz CT molecular complexity index is 1050. The van der Waals surface area contributed by atoms with Crippen LogP contribution in [0.5, 0.6) is 0 Å². The lowest BCUT2D eigenvalue weighted by Crippen LogP contribution is -2.34. The first-order chi connectivity index (χ1) is 15.4. The molecule has 10 heteroatoms. The van der Waals surface area contributed by atoms with Gasteiger partial charge >= 0.3 is 0 Å². The Hall–Kier alpha value is -1.75. The van der Waals surface area contributed by atoms with Crippen LogP contribution in [0.15, 0.2) is 48.5 Å². The molecule has 0 amide bonds. The van der Waals surface area contributed by atoms with Crippen LogP contribution in [-0.2, 0) is 32.2 Å². The van der Waals surface area contributed by atoms with Gasteiger partial charge in [-0.25, -0.2) is 13.0 Å². The van der Waals surface area contributed by atoms with Crippen LogP contribution in [0.1, 0.15) is 59.9 Å². The monoisotopic (exact) mass is 516 g/mol. The summed E-state index contributed by atoms with van der Waals surface area (Å²) in [6.07, 6.45) is 10.8. The van der Waals surface area contributed by atoms with Gasteiger partial charge in [0.1, 0.15) is 6.54 Å². The summed E-state index contributed by atoms with van der Waals surface area (Å²) >= 11 is 0. The Morgan fingerprint density at radius 3 is 1.97 bits per heavy atom. The van der Waals surface area contributed by atoms with Crippen molar-refractivity contribution < 1.29 is 30.5 Å². The lowest BCUT2D eigenvalue weighted by molar-refractivity contribution is -0.696. The first-order valence-corrected chi connectivity index (χ1v) is 14.6. The molecule has 194 valence electrons. The molecule has 0 spiro atoms. The molecule has 0 aromatic carbocycles. The average molecular weight is 517 g/mol. The van der Waals surface area contributed by atoms with Crippen LogP contribution in [0.25, 0.3) is 0 Å². The number of aryl methyl sites for hydroxylation is 1. The zero-order chi connectivity index (χ0) is 26.2. The van der Waals surface area contributed by atoms with Crippen LogP contribution >= 0.6 is 0 Å². The summed E-state index contributed by atoms with van der Waals surface area (Å²) in [4.78, 5) is 2.04. The normalized spacial score (nSPS) is 14.9. The maximum absolute atomic E-state index is 10.6. The molecule has 8 nitrogen and oxygen atoms in total. The van der Waals surface area contributed by atoms with Gasteiger partial charge in [0.05, 0.1) is 15.9 Å². The van der Waals surface area contributed by atoms with Crippen molar-refractivity contribution in [2.75, 3.05) is 24.6 Å². The maximum atomic E-state index is 10.6. The van der Waals surface area contributed by atoms with Crippen molar-refractivity contribution >= 4 is 20.2 Å². The van der Waals surface area contributed by atoms with E-state index < -0.39 is 20.2 Å². The third-order valence-electron chi connectivity index (χ3n) is 5.29. The summed E-state index contributed by atoms with van der Waals surface area (Å²) < 4.78 is 63.0. The second-order valence-electron chi connectivity index (χ2n) is 10.5. The first kappa shape index (κ1) is 30.3. The molecule has 0 fully saturated rings. The predicted octanol–water partition coefficient (Wildman–Crippen LogP) is 3.27. The summed E-state index contributed by atoms with van der Waals surface area (Å²) in [7, 11) is -7.91. The van der Waals surface area contributed by atoms with Crippen LogP contribution in [0.4, 0.5) is 0 Å². The van der Waals surface area contributed by atoms with E-state index >= 15 is 0 Å². The number of hydrogen-bond donors (Lipinski definition) is 1. The minimum atomic E-state index is -4.09. The highest BCUT2D eigenvalue weighted by molar-refractivity contribution is 7.85. The molecule has 1 aliphatic rings. The van der Waals surface area contributed by atoms with E-state index in [1.807, 2.05) is 40.2 Å². The summed E-state index contributed by atoms with van der Waals surface area (Å²) in [5, 5.41) is 0. The molecule has 34 heavy (non-hydrogen) atoms. The topological polar surface area (TPSA) is 119 Å². The molecule has 1 aromatic rings. The van der Waals surface area contributed by atoms with Gasteiger partial charge in [-0.05, 0) is 40.7 Å². The van der Waals surface area contributed by atoms with Crippen molar-refractivity contribution in [2.45, 2.75) is 66.3 Å². The third kappa shape index (κ3) is 13.2. The molecule has 0 saturated carbocycles. The Morgan fingerprint density at radius 1 is 0.971 bits per heavy atom. The van der Waals surface area contributed by atoms with Crippen LogP contribution < -0.4 is 4.57 Å². The number of allylic oxidation sites excluding steroid dienone is 2. The minimum Gasteiger partial charge on any atom is -0.748 e. The second-order valence-corrected chi connectivity index (χ2v) is 13.6. The van der Waals surface area contributed by atoms with Crippen LogP contribution in [0, 0.1) is 5.41 Å². The van der Waals surface area contributed by atoms with Crippen molar-refractivity contribution in [3.63, 3.8) is 0 Å². The van der Waals surface area contributed by atoms with E-state index in [0.717, 1.165) is 6.54 Å². The van der Waals surface area contributed by atoms with Crippen molar-refractivity contribution in [3.05, 3.63) is 54.0 Å². The Balaban J connectivity index is 0.000000340. The van der Waals surface area contributed by atoms with Gasteiger partial charge < -0.3 is 9.45 Å². The number of pyridine rings is 1. The van der Waals surface area contributed by atoms with E-state index in [1.54, 1.807) is 0 Å². The van der Waals surface area contributed by atoms with Gasteiger partial charge in [0.25, 0.3) is 10.1 Å². The van der Waals surface area contributed by atoms with E-state index in [9.17, 15) is 21.4 Å². The lowest BCUT2D eigenvalue weighted by Gasteiger charge is -2.28. The maximum Gasteiger partial charge on any atom is 0.264 e. The molecular weight excluding hydrogens is 476 g/mol. The highest BCUT2D eigenvalue weighted by atomic mass is 32.2. The van der Waals surface area contributed by atoms with E-state index in [1.165, 1.54) is 11.1 Å². The molecule has 0 unspecified atom stereocenters. The molecular formula is C24H40N2O6S2. The fourth-order valence-corrected chi connectivity index (χ4v) is 4.21. The third-order valence-corrected chi connectivity index (χ3v) is 6.89. The van der Waals surface area contributed by atoms with Gasteiger partial charge in [-0.2, -0.15) is 8.42 Å². The molecule has 2 rings (SSSR count). The zero-order valence-electron chi connectivity index (χ0n) is 21.2. The summed E-state index contributed by atoms with van der Waals surface area (Å²) in [5.74, 6) is -0.478. The Labute approximate surface area is 205 Å². The number of hydrogen-bond acceptors (Lipinski definition) is 6. The molecule has 0 aliphatic carbocycles. The quantitative estimate of drug-likeness (QED) is 0.416. The van der Waals surface area contributed by atoms with Gasteiger partial charge in [-0.3, -0.25) is 4.55 Å². The number of nitrogens with zero attached hydrogens (tertiary/aromatic N) is 2. The largest absolute Gasteiger partial charge is 0.748 e. The van der Waals surface area contributed by atoms with E-state index in [2.05, 4.69) is 53.7 Å². The van der Waals surface area contributed by atoms with Gasteiger partial charge in [0.15, 0.2) is 12.4 Å². The molecule has 2 heterocycles. The molecule has 1 N–H and O–H groups in total. The Kier molecular flexibility index (Phi) is 10.9. The van der Waals surface area contributed by atoms with Crippen molar-refractivity contribution in [2.24, 2.45) is 5.41 Å². The van der Waals surface area contributed by atoms with Gasteiger partial charge in [0.2, 0.25) is 0 Å². The standard InChI is InChI=1S/C12H21NO3S.C12H19NO3S/c2*1-12(2,3)11-5-8-13(9-6-11)7-4-10-17(14,15)16/h5-6,8H,4,7,9-10H2,1-3H3,(H,14,15,16);5-6,8-9H,4,7,10H2,1-3H3. The summed E-state index contributed by atoms with van der Waals surface area (Å²) in [6, 6.07) is 4.04. The molecule has 0 atom stereocenters. The number of aromatic nitrogens is 1. The van der Waals surface area contributed by atoms with Crippen molar-refractivity contribution in [1.82, 2.24) is 4.90 Å². The van der Waals surface area contributed by atoms with Crippen LogP contribution in [0.3, 0.4) is 0 Å². The first-order valence-electron chi connectivity index (χ1n) is 11.4. The SMILES string of the molecule is CC(C)(C)C1=CCN(CCCS(=O)(=O)O)C=C1.CC(C)(C)c1cc[n+](CCCS(=O)(=O)[O-])cc1. The second kappa shape index (κ2) is 12.3.